The molecule has 1 N–H and O–H groups in total. The Bertz CT molecular complexity index is 1230. The summed E-state index contributed by atoms with van der Waals surface area (Å²) in [6.07, 6.45) is 4.84. The van der Waals surface area contributed by atoms with Crippen LogP contribution in [0.25, 0.3) is 11.3 Å². The largest absolute Gasteiger partial charge is 0.486 e. The zero-order chi connectivity index (χ0) is 24.4. The molecular formula is C27H30N4O4. The van der Waals surface area contributed by atoms with E-state index in [0.717, 1.165) is 50.2 Å². The first-order valence-electron chi connectivity index (χ1n) is 12.2. The molecule has 2 aliphatic heterocycles. The number of hydrogen-bond donors (Lipinski definition) is 1. The summed E-state index contributed by atoms with van der Waals surface area (Å²) in [5.74, 6) is 1.13. The lowest BCUT2D eigenvalue weighted by atomic mass is 9.82. The molecule has 1 aromatic carbocycles. The number of rotatable bonds is 6. The van der Waals surface area contributed by atoms with Gasteiger partial charge < -0.3 is 19.5 Å². The van der Waals surface area contributed by atoms with Crippen LogP contribution >= 0.6 is 0 Å². The predicted molar refractivity (Wildman–Crippen MR) is 130 cm³/mol. The molecule has 3 aromatic rings. The van der Waals surface area contributed by atoms with Crippen molar-refractivity contribution in [2.24, 2.45) is 0 Å². The highest BCUT2D eigenvalue weighted by molar-refractivity contribution is 6.01. The molecule has 0 bridgehead atoms. The summed E-state index contributed by atoms with van der Waals surface area (Å²) in [6, 6.07) is 10.9. The monoisotopic (exact) mass is 474 g/mol. The zero-order valence-corrected chi connectivity index (χ0v) is 20.2. The molecule has 0 unspecified atom stereocenters. The van der Waals surface area contributed by atoms with Crippen molar-refractivity contribution in [3.05, 3.63) is 65.2 Å². The Kier molecular flexibility index (Phi) is 6.38. The number of pyridine rings is 1. The van der Waals surface area contributed by atoms with Crippen LogP contribution in [0.3, 0.4) is 0 Å². The van der Waals surface area contributed by atoms with Crippen molar-refractivity contribution in [1.29, 1.82) is 0 Å². The van der Waals surface area contributed by atoms with Crippen LogP contribution < -0.4 is 10.1 Å². The fraction of sp³-hybridized carbons (Fsp3) is 0.407. The number of piperidine rings is 1. The summed E-state index contributed by atoms with van der Waals surface area (Å²) >= 11 is 0. The average molecular weight is 475 g/mol. The lowest BCUT2D eigenvalue weighted by Crippen LogP contribution is -2.51. The van der Waals surface area contributed by atoms with Crippen LogP contribution in [0.4, 0.5) is 0 Å². The molecule has 5 rings (SSSR count). The molecule has 1 fully saturated rings. The highest BCUT2D eigenvalue weighted by Crippen LogP contribution is 2.40. The quantitative estimate of drug-likeness (QED) is 0.572. The van der Waals surface area contributed by atoms with Crippen molar-refractivity contribution in [3.63, 3.8) is 0 Å². The van der Waals surface area contributed by atoms with Crippen LogP contribution in [-0.2, 0) is 6.54 Å². The maximum atomic E-state index is 13.1. The van der Waals surface area contributed by atoms with Crippen molar-refractivity contribution in [2.75, 3.05) is 19.6 Å². The lowest BCUT2D eigenvalue weighted by Gasteiger charge is -2.44. The second-order valence-corrected chi connectivity index (χ2v) is 9.49. The number of carbonyl (C=O) groups is 2. The highest BCUT2D eigenvalue weighted by Gasteiger charge is 2.42. The molecule has 1 saturated heterocycles. The van der Waals surface area contributed by atoms with Gasteiger partial charge in [0.15, 0.2) is 11.5 Å². The number of benzene rings is 1. The van der Waals surface area contributed by atoms with Gasteiger partial charge in [-0.05, 0) is 50.2 Å². The van der Waals surface area contributed by atoms with Crippen LogP contribution in [0.1, 0.15) is 64.8 Å². The van der Waals surface area contributed by atoms with E-state index < -0.39 is 0 Å². The third kappa shape index (κ3) is 4.98. The number of ether oxygens (including phenoxy) is 1. The Morgan fingerprint density at radius 2 is 2.00 bits per heavy atom. The molecular weight excluding hydrogens is 444 g/mol. The lowest BCUT2D eigenvalue weighted by molar-refractivity contribution is -0.00886. The highest BCUT2D eigenvalue weighted by atomic mass is 16.5. The number of nitrogens with zero attached hydrogens (tertiary/aromatic N) is 3. The summed E-state index contributed by atoms with van der Waals surface area (Å²) < 4.78 is 11.5. The molecule has 0 radical (unpaired) electrons. The summed E-state index contributed by atoms with van der Waals surface area (Å²) in [6.45, 7) is 7.31. The molecule has 182 valence electrons. The number of carbonyl (C=O) groups excluding carboxylic acids is 2. The molecule has 8 heteroatoms. The SMILES string of the molecule is CCCN1CCC2(CC1)CC(=O)c1cc(-c3ccc(C(=O)NCc4cc(C)no4)cn3)ccc1O2. The molecule has 1 amide bonds. The van der Waals surface area contributed by atoms with Crippen LogP contribution in [0, 0.1) is 6.92 Å². The standard InChI is InChI=1S/C27H30N4O4/c1-3-10-31-11-8-27(9-12-31)15-24(32)22-14-19(5-7-25(22)34-27)23-6-4-20(16-28-23)26(33)29-17-21-13-18(2)30-35-21/h4-7,13-14,16H,3,8-12,15,17H2,1-2H3,(H,29,33). The van der Waals surface area contributed by atoms with Gasteiger partial charge in [0.2, 0.25) is 0 Å². The van der Waals surface area contributed by atoms with E-state index in [1.54, 1.807) is 18.2 Å². The maximum absolute atomic E-state index is 13.1. The van der Waals surface area contributed by atoms with Crippen molar-refractivity contribution in [3.8, 4) is 17.0 Å². The Morgan fingerprint density at radius 1 is 1.17 bits per heavy atom. The summed E-state index contributed by atoms with van der Waals surface area (Å²) in [5, 5.41) is 6.61. The number of fused-ring (bicyclic) bond motifs is 1. The van der Waals surface area contributed by atoms with Gasteiger partial charge in [0.05, 0.1) is 35.5 Å². The van der Waals surface area contributed by atoms with E-state index in [4.69, 9.17) is 9.26 Å². The van der Waals surface area contributed by atoms with Gasteiger partial charge in [-0.25, -0.2) is 0 Å². The van der Waals surface area contributed by atoms with Crippen molar-refractivity contribution < 1.29 is 18.8 Å². The molecule has 0 atom stereocenters. The molecule has 1 spiro atoms. The number of hydrogen-bond acceptors (Lipinski definition) is 7. The maximum Gasteiger partial charge on any atom is 0.253 e. The van der Waals surface area contributed by atoms with Crippen molar-refractivity contribution >= 4 is 11.7 Å². The third-order valence-corrected chi connectivity index (χ3v) is 6.82. The second kappa shape index (κ2) is 9.62. The third-order valence-electron chi connectivity index (χ3n) is 6.82. The predicted octanol–water partition coefficient (Wildman–Crippen LogP) is 4.18. The molecule has 4 heterocycles. The minimum atomic E-state index is -0.381. The van der Waals surface area contributed by atoms with Crippen molar-refractivity contribution in [2.45, 2.75) is 51.7 Å². The summed E-state index contributed by atoms with van der Waals surface area (Å²) in [5.41, 5.74) is 2.94. The number of Topliss-reactive ketones (excluding diaryl/α,β-unsaturated/α-hetero) is 1. The first kappa shape index (κ1) is 23.2. The van der Waals surface area contributed by atoms with Gasteiger partial charge in [0.25, 0.3) is 5.91 Å². The number of aryl methyl sites for hydroxylation is 1. The van der Waals surface area contributed by atoms with Gasteiger partial charge >= 0.3 is 0 Å². The fourth-order valence-electron chi connectivity index (χ4n) is 4.90. The Hall–Kier alpha value is -3.52. The average Bonchev–Trinajstić information content (AvgIpc) is 3.29. The minimum Gasteiger partial charge on any atom is -0.486 e. The van der Waals surface area contributed by atoms with Gasteiger partial charge in [0.1, 0.15) is 11.4 Å². The molecule has 35 heavy (non-hydrogen) atoms. The first-order valence-corrected chi connectivity index (χ1v) is 12.2. The zero-order valence-electron chi connectivity index (χ0n) is 20.2. The topological polar surface area (TPSA) is 97.6 Å². The number of amides is 1. The summed E-state index contributed by atoms with van der Waals surface area (Å²) in [7, 11) is 0. The van der Waals surface area contributed by atoms with Gasteiger partial charge in [-0.2, -0.15) is 0 Å². The van der Waals surface area contributed by atoms with E-state index in [1.807, 2.05) is 25.1 Å². The van der Waals surface area contributed by atoms with E-state index in [9.17, 15) is 9.59 Å². The van der Waals surface area contributed by atoms with E-state index in [2.05, 4.69) is 27.3 Å². The van der Waals surface area contributed by atoms with Gasteiger partial charge in [-0.1, -0.05) is 12.1 Å². The first-order chi connectivity index (χ1) is 16.9. The van der Waals surface area contributed by atoms with Gasteiger partial charge in [-0.15, -0.1) is 0 Å². The van der Waals surface area contributed by atoms with Crippen molar-refractivity contribution in [1.82, 2.24) is 20.4 Å². The number of nitrogens with one attached hydrogen (secondary N) is 1. The number of aromatic nitrogens is 2. The molecule has 2 aromatic heterocycles. The molecule has 0 saturated carbocycles. The van der Waals surface area contributed by atoms with Gasteiger partial charge in [0, 0.05) is 43.8 Å². The Labute approximate surface area is 204 Å². The van der Waals surface area contributed by atoms with Gasteiger partial charge in [-0.3, -0.25) is 14.6 Å². The van der Waals surface area contributed by atoms with Crippen LogP contribution in [0.15, 0.2) is 47.1 Å². The van der Waals surface area contributed by atoms with Crippen LogP contribution in [0.2, 0.25) is 0 Å². The second-order valence-electron chi connectivity index (χ2n) is 9.49. The minimum absolute atomic E-state index is 0.121. The molecule has 2 aliphatic rings. The fourth-order valence-corrected chi connectivity index (χ4v) is 4.90. The smallest absolute Gasteiger partial charge is 0.253 e. The van der Waals surface area contributed by atoms with Crippen LogP contribution in [0.5, 0.6) is 5.75 Å². The van der Waals surface area contributed by atoms with E-state index in [-0.39, 0.29) is 23.8 Å². The number of ketones is 1. The van der Waals surface area contributed by atoms with E-state index in [0.29, 0.717) is 34.8 Å². The van der Waals surface area contributed by atoms with E-state index >= 15 is 0 Å². The van der Waals surface area contributed by atoms with Crippen LogP contribution in [-0.4, -0.2) is 52.0 Å². The Morgan fingerprint density at radius 3 is 2.69 bits per heavy atom. The molecule has 8 nitrogen and oxygen atoms in total. The molecule has 0 aliphatic carbocycles. The normalized spacial score (nSPS) is 17.1. The number of likely N-dealkylation sites (tertiary alicyclic amines) is 1. The Balaban J connectivity index is 1.26. The van der Waals surface area contributed by atoms with E-state index in [1.165, 1.54) is 6.20 Å². The summed E-state index contributed by atoms with van der Waals surface area (Å²) in [4.78, 5) is 32.4.